The van der Waals surface area contributed by atoms with E-state index in [0.29, 0.717) is 11.3 Å². The van der Waals surface area contributed by atoms with E-state index in [0.717, 1.165) is 32.0 Å². The van der Waals surface area contributed by atoms with Gasteiger partial charge >= 0.3 is 0 Å². The number of rotatable bonds is 3. The van der Waals surface area contributed by atoms with Crippen molar-refractivity contribution < 1.29 is 14.0 Å². The zero-order valence-corrected chi connectivity index (χ0v) is 11.3. The minimum Gasteiger partial charge on any atom is -0.366 e. The minimum absolute atomic E-state index is 0.0497. The van der Waals surface area contributed by atoms with Gasteiger partial charge in [-0.1, -0.05) is 0 Å². The third-order valence-corrected chi connectivity index (χ3v) is 3.60. The zero-order valence-electron chi connectivity index (χ0n) is 11.3. The molecule has 0 spiro atoms. The first-order valence-electron chi connectivity index (χ1n) is 6.60. The van der Waals surface area contributed by atoms with Crippen LogP contribution in [0.25, 0.3) is 0 Å². The number of benzene rings is 1. The van der Waals surface area contributed by atoms with Gasteiger partial charge in [-0.05, 0) is 45.0 Å². The zero-order chi connectivity index (χ0) is 14.7. The van der Waals surface area contributed by atoms with Crippen molar-refractivity contribution in [2.75, 3.05) is 18.4 Å². The lowest BCUT2D eigenvalue weighted by atomic mass is 9.97. The molecular weight excluding hydrogens is 261 g/mol. The summed E-state index contributed by atoms with van der Waals surface area (Å²) < 4.78 is 13.7. The molecule has 0 unspecified atom stereocenters. The molecule has 0 aliphatic carbocycles. The van der Waals surface area contributed by atoms with Crippen LogP contribution in [0.1, 0.15) is 28.8 Å². The maximum Gasteiger partial charge on any atom is 0.248 e. The molecule has 0 bridgehead atoms. The predicted octanol–water partition coefficient (Wildman–Crippen LogP) is 1.17. The van der Waals surface area contributed by atoms with Gasteiger partial charge < -0.3 is 16.4 Å². The van der Waals surface area contributed by atoms with Crippen molar-refractivity contribution in [3.05, 3.63) is 29.1 Å². The molecule has 1 aliphatic rings. The molecule has 1 fully saturated rings. The molecule has 1 aromatic rings. The molecule has 108 valence electrons. The molecule has 1 aliphatic heterocycles. The molecule has 2 rings (SSSR count). The van der Waals surface area contributed by atoms with Crippen LogP contribution in [0.5, 0.6) is 0 Å². The van der Waals surface area contributed by atoms with Crippen molar-refractivity contribution in [2.24, 2.45) is 11.7 Å². The summed E-state index contributed by atoms with van der Waals surface area (Å²) in [4.78, 5) is 23.3. The van der Waals surface area contributed by atoms with Gasteiger partial charge in [-0.3, -0.25) is 9.59 Å². The number of nitrogens with one attached hydrogen (secondary N) is 2. The fraction of sp³-hybridized carbons (Fsp3) is 0.429. The molecule has 6 heteroatoms. The second-order valence-electron chi connectivity index (χ2n) is 5.01. The van der Waals surface area contributed by atoms with E-state index >= 15 is 0 Å². The first kappa shape index (κ1) is 14.5. The summed E-state index contributed by atoms with van der Waals surface area (Å²) in [5.74, 6) is -1.50. The number of nitrogens with two attached hydrogens (primary N) is 1. The first-order valence-corrected chi connectivity index (χ1v) is 6.60. The normalized spacial score (nSPS) is 15.9. The van der Waals surface area contributed by atoms with Crippen LogP contribution in [-0.2, 0) is 4.79 Å². The van der Waals surface area contributed by atoms with E-state index < -0.39 is 11.7 Å². The van der Waals surface area contributed by atoms with Gasteiger partial charge in [0, 0.05) is 22.7 Å². The molecule has 20 heavy (non-hydrogen) atoms. The topological polar surface area (TPSA) is 84.2 Å². The number of primary amides is 1. The van der Waals surface area contributed by atoms with Crippen LogP contribution in [0.4, 0.5) is 10.1 Å². The number of halogens is 1. The summed E-state index contributed by atoms with van der Waals surface area (Å²) in [5, 5.41) is 5.88. The Labute approximate surface area is 116 Å². The van der Waals surface area contributed by atoms with E-state index in [1.807, 2.05) is 0 Å². The molecule has 0 aromatic heterocycles. The Hall–Kier alpha value is -1.95. The number of amides is 2. The summed E-state index contributed by atoms with van der Waals surface area (Å²) in [6, 6.07) is 2.50. The van der Waals surface area contributed by atoms with Crippen LogP contribution in [-0.4, -0.2) is 24.9 Å². The van der Waals surface area contributed by atoms with Crippen LogP contribution in [0.3, 0.4) is 0 Å². The van der Waals surface area contributed by atoms with Crippen molar-refractivity contribution >= 4 is 17.5 Å². The largest absolute Gasteiger partial charge is 0.366 e. The van der Waals surface area contributed by atoms with Gasteiger partial charge in [0.25, 0.3) is 0 Å². The van der Waals surface area contributed by atoms with Gasteiger partial charge in [-0.2, -0.15) is 0 Å². The van der Waals surface area contributed by atoms with Crippen LogP contribution in [0.15, 0.2) is 12.1 Å². The molecule has 2 amide bonds. The lowest BCUT2D eigenvalue weighted by molar-refractivity contribution is -0.120. The Morgan fingerprint density at radius 2 is 2.00 bits per heavy atom. The van der Waals surface area contributed by atoms with Gasteiger partial charge in [0.1, 0.15) is 5.82 Å². The lowest BCUT2D eigenvalue weighted by Crippen LogP contribution is -2.34. The number of hydrogen-bond acceptors (Lipinski definition) is 3. The summed E-state index contributed by atoms with van der Waals surface area (Å²) in [7, 11) is 0. The number of hydrogen-bond donors (Lipinski definition) is 3. The van der Waals surface area contributed by atoms with E-state index in [2.05, 4.69) is 10.6 Å². The maximum absolute atomic E-state index is 13.7. The average molecular weight is 279 g/mol. The molecule has 0 saturated carbocycles. The van der Waals surface area contributed by atoms with Crippen molar-refractivity contribution in [1.29, 1.82) is 0 Å². The van der Waals surface area contributed by atoms with Gasteiger partial charge in [0.05, 0.1) is 0 Å². The maximum atomic E-state index is 13.7. The van der Waals surface area contributed by atoms with Gasteiger partial charge in [0.15, 0.2) is 0 Å². The Balaban J connectivity index is 2.19. The standard InChI is InChI=1S/C14H18FN3O2/c1-8-11(15)6-10(13(16)19)7-12(8)18-14(20)9-2-4-17-5-3-9/h6-7,9,17H,2-5H2,1H3,(H2,16,19)(H,18,20). The summed E-state index contributed by atoms with van der Waals surface area (Å²) >= 11 is 0. The fourth-order valence-corrected chi connectivity index (χ4v) is 2.27. The van der Waals surface area contributed by atoms with Crippen molar-refractivity contribution in [3.63, 3.8) is 0 Å². The molecule has 4 N–H and O–H groups in total. The molecule has 0 atom stereocenters. The van der Waals surface area contributed by atoms with E-state index in [-0.39, 0.29) is 17.4 Å². The SMILES string of the molecule is Cc1c(F)cc(C(N)=O)cc1NC(=O)C1CCNCC1. The third-order valence-electron chi connectivity index (χ3n) is 3.60. The number of piperidine rings is 1. The second-order valence-corrected chi connectivity index (χ2v) is 5.01. The monoisotopic (exact) mass is 279 g/mol. The summed E-state index contributed by atoms with van der Waals surface area (Å²) in [6.07, 6.45) is 1.51. The molecule has 1 heterocycles. The second kappa shape index (κ2) is 6.00. The highest BCUT2D eigenvalue weighted by Crippen LogP contribution is 2.22. The average Bonchev–Trinajstić information content (AvgIpc) is 2.44. The van der Waals surface area contributed by atoms with Gasteiger partial charge in [-0.25, -0.2) is 4.39 Å². The molecule has 5 nitrogen and oxygen atoms in total. The van der Waals surface area contributed by atoms with Crippen molar-refractivity contribution in [3.8, 4) is 0 Å². The summed E-state index contributed by atoms with van der Waals surface area (Å²) in [5.41, 5.74) is 5.81. The van der Waals surface area contributed by atoms with Crippen molar-refractivity contribution in [1.82, 2.24) is 5.32 Å². The number of carbonyl (C=O) groups excluding carboxylic acids is 2. The highest BCUT2D eigenvalue weighted by atomic mass is 19.1. The van der Waals surface area contributed by atoms with Gasteiger partial charge in [-0.15, -0.1) is 0 Å². The molecule has 0 radical (unpaired) electrons. The van der Waals surface area contributed by atoms with Crippen molar-refractivity contribution in [2.45, 2.75) is 19.8 Å². The van der Waals surface area contributed by atoms with E-state index in [1.54, 1.807) is 6.92 Å². The van der Waals surface area contributed by atoms with E-state index in [4.69, 9.17) is 5.73 Å². The molecule has 1 aromatic carbocycles. The Kier molecular flexibility index (Phi) is 4.34. The Bertz CT molecular complexity index is 539. The number of anilines is 1. The number of carbonyl (C=O) groups is 2. The smallest absolute Gasteiger partial charge is 0.248 e. The minimum atomic E-state index is -0.721. The summed E-state index contributed by atoms with van der Waals surface area (Å²) in [6.45, 7) is 3.15. The highest BCUT2D eigenvalue weighted by molar-refractivity contribution is 5.97. The van der Waals surface area contributed by atoms with Gasteiger partial charge in [0.2, 0.25) is 11.8 Å². The Morgan fingerprint density at radius 3 is 2.60 bits per heavy atom. The lowest BCUT2D eigenvalue weighted by Gasteiger charge is -2.22. The van der Waals surface area contributed by atoms with E-state index in [9.17, 15) is 14.0 Å². The quantitative estimate of drug-likeness (QED) is 0.776. The predicted molar refractivity (Wildman–Crippen MR) is 73.9 cm³/mol. The molecule has 1 saturated heterocycles. The van der Waals surface area contributed by atoms with Crippen LogP contribution in [0.2, 0.25) is 0 Å². The van der Waals surface area contributed by atoms with Crippen LogP contribution >= 0.6 is 0 Å². The highest BCUT2D eigenvalue weighted by Gasteiger charge is 2.22. The van der Waals surface area contributed by atoms with Crippen LogP contribution < -0.4 is 16.4 Å². The van der Waals surface area contributed by atoms with Crippen LogP contribution in [0, 0.1) is 18.7 Å². The third kappa shape index (κ3) is 3.14. The fourth-order valence-electron chi connectivity index (χ4n) is 2.27. The Morgan fingerprint density at radius 1 is 1.35 bits per heavy atom. The molecular formula is C14H18FN3O2. The van der Waals surface area contributed by atoms with E-state index in [1.165, 1.54) is 6.07 Å². The first-order chi connectivity index (χ1) is 9.49.